The quantitative estimate of drug-likeness (QED) is 0.577. The highest BCUT2D eigenvalue weighted by Crippen LogP contribution is 2.32. The molecule has 0 aliphatic rings. The predicted octanol–water partition coefficient (Wildman–Crippen LogP) is 4.70. The number of pyridine rings is 1. The molecule has 26 heavy (non-hydrogen) atoms. The lowest BCUT2D eigenvalue weighted by molar-refractivity contribution is 0.368. The number of fused-ring (bicyclic) bond motifs is 1. The highest BCUT2D eigenvalue weighted by molar-refractivity contribution is 5.92. The molecular weight excluding hydrogens is 340 g/mol. The van der Waals surface area contributed by atoms with Crippen molar-refractivity contribution in [2.24, 2.45) is 0 Å². The Balaban J connectivity index is 1.64. The Kier molecular flexibility index (Phi) is 3.96. The molecule has 0 bridgehead atoms. The van der Waals surface area contributed by atoms with Gasteiger partial charge in [-0.1, -0.05) is 6.07 Å². The van der Waals surface area contributed by atoms with E-state index in [9.17, 15) is 8.78 Å². The smallest absolute Gasteiger partial charge is 0.207 e. The van der Waals surface area contributed by atoms with Crippen LogP contribution in [0.25, 0.3) is 22.2 Å². The maximum absolute atomic E-state index is 14.2. The molecule has 0 aliphatic carbocycles. The van der Waals surface area contributed by atoms with Gasteiger partial charge in [-0.25, -0.2) is 4.39 Å². The van der Waals surface area contributed by atoms with Crippen LogP contribution in [-0.4, -0.2) is 22.3 Å². The molecule has 5 nitrogen and oxygen atoms in total. The van der Waals surface area contributed by atoms with E-state index in [-0.39, 0.29) is 17.0 Å². The molecule has 4 aromatic rings. The van der Waals surface area contributed by atoms with Gasteiger partial charge >= 0.3 is 0 Å². The second-order valence-corrected chi connectivity index (χ2v) is 5.51. The van der Waals surface area contributed by atoms with Gasteiger partial charge in [-0.05, 0) is 36.4 Å². The largest absolute Gasteiger partial charge is 0.494 e. The van der Waals surface area contributed by atoms with Crippen LogP contribution in [0.5, 0.6) is 17.2 Å². The maximum atomic E-state index is 14.2. The van der Waals surface area contributed by atoms with Crippen molar-refractivity contribution in [2.75, 3.05) is 7.11 Å². The fourth-order valence-electron chi connectivity index (χ4n) is 2.66. The number of rotatable bonds is 4. The summed E-state index contributed by atoms with van der Waals surface area (Å²) in [6, 6.07) is 11.6. The van der Waals surface area contributed by atoms with Crippen LogP contribution >= 0.6 is 0 Å². The zero-order chi connectivity index (χ0) is 18.1. The second-order valence-electron chi connectivity index (χ2n) is 5.51. The molecule has 2 aromatic carbocycles. The normalized spacial score (nSPS) is 10.9. The molecule has 2 heterocycles. The fourth-order valence-corrected chi connectivity index (χ4v) is 2.66. The summed E-state index contributed by atoms with van der Waals surface area (Å²) in [7, 11) is 1.39. The van der Waals surface area contributed by atoms with E-state index in [2.05, 4.69) is 15.2 Å². The Morgan fingerprint density at radius 1 is 0.962 bits per heavy atom. The molecule has 0 spiro atoms. The average molecular weight is 353 g/mol. The zero-order valence-electron chi connectivity index (χ0n) is 13.7. The number of ether oxygens (including phenoxy) is 2. The van der Waals surface area contributed by atoms with Gasteiger partial charge in [-0.15, -0.1) is 0 Å². The molecular formula is C19H13F2N3O2. The Morgan fingerprint density at radius 2 is 1.73 bits per heavy atom. The molecule has 1 N–H and O–H groups in total. The van der Waals surface area contributed by atoms with Gasteiger partial charge in [-0.3, -0.25) is 10.1 Å². The summed E-state index contributed by atoms with van der Waals surface area (Å²) in [4.78, 5) is 3.86. The first-order valence-corrected chi connectivity index (χ1v) is 7.75. The number of aromatic amines is 1. The van der Waals surface area contributed by atoms with Gasteiger partial charge in [0.1, 0.15) is 11.3 Å². The Bertz CT molecular complexity index is 1080. The average Bonchev–Trinajstić information content (AvgIpc) is 3.10. The van der Waals surface area contributed by atoms with Gasteiger partial charge in [-0.2, -0.15) is 9.49 Å². The third kappa shape index (κ3) is 2.73. The molecule has 7 heteroatoms. The van der Waals surface area contributed by atoms with Crippen molar-refractivity contribution >= 4 is 10.9 Å². The van der Waals surface area contributed by atoms with Crippen molar-refractivity contribution in [1.82, 2.24) is 15.2 Å². The summed E-state index contributed by atoms with van der Waals surface area (Å²) in [6.07, 6.45) is 2.67. The highest BCUT2D eigenvalue weighted by atomic mass is 19.1. The van der Waals surface area contributed by atoms with Gasteiger partial charge in [0.2, 0.25) is 5.82 Å². The molecule has 2 aromatic heterocycles. The van der Waals surface area contributed by atoms with Gasteiger partial charge in [0.15, 0.2) is 17.3 Å². The number of H-pyrrole nitrogens is 1. The highest BCUT2D eigenvalue weighted by Gasteiger charge is 2.13. The summed E-state index contributed by atoms with van der Waals surface area (Å²) >= 11 is 0. The summed E-state index contributed by atoms with van der Waals surface area (Å²) in [6.45, 7) is 0. The zero-order valence-corrected chi connectivity index (χ0v) is 13.7. The standard InChI is InChI=1S/C19H13F2N3O2/c1-25-15-3-2-4-16(17(15)21)26-12-7-5-11(6-8-12)18-13-9-22-10-14(20)19(13)24-23-18/h2-10H,1H3,(H,23,24). The summed E-state index contributed by atoms with van der Waals surface area (Å²) < 4.78 is 38.4. The summed E-state index contributed by atoms with van der Waals surface area (Å²) in [5.41, 5.74) is 1.65. The molecule has 0 saturated heterocycles. The topological polar surface area (TPSA) is 60.0 Å². The lowest BCUT2D eigenvalue weighted by Gasteiger charge is -2.09. The van der Waals surface area contributed by atoms with E-state index in [4.69, 9.17) is 9.47 Å². The van der Waals surface area contributed by atoms with E-state index in [1.165, 1.54) is 19.2 Å². The molecule has 0 unspecified atom stereocenters. The summed E-state index contributed by atoms with van der Waals surface area (Å²) in [5, 5.41) is 7.38. The number of nitrogens with zero attached hydrogens (tertiary/aromatic N) is 2. The number of halogens is 2. The van der Waals surface area contributed by atoms with Crippen molar-refractivity contribution in [2.45, 2.75) is 0 Å². The number of nitrogens with one attached hydrogen (secondary N) is 1. The number of methoxy groups -OCH3 is 1. The Labute approximate surface area is 147 Å². The number of benzene rings is 2. The van der Waals surface area contributed by atoms with Crippen LogP contribution in [0.1, 0.15) is 0 Å². The second kappa shape index (κ2) is 6.44. The van der Waals surface area contributed by atoms with Crippen LogP contribution in [0.4, 0.5) is 8.78 Å². The van der Waals surface area contributed by atoms with E-state index in [0.717, 1.165) is 11.8 Å². The molecule has 0 fully saturated rings. The van der Waals surface area contributed by atoms with E-state index in [1.54, 1.807) is 36.5 Å². The lowest BCUT2D eigenvalue weighted by atomic mass is 10.1. The van der Waals surface area contributed by atoms with Gasteiger partial charge < -0.3 is 9.47 Å². The fraction of sp³-hybridized carbons (Fsp3) is 0.0526. The van der Waals surface area contributed by atoms with E-state index >= 15 is 0 Å². The van der Waals surface area contributed by atoms with Crippen LogP contribution in [-0.2, 0) is 0 Å². The first-order chi connectivity index (χ1) is 12.7. The number of aromatic nitrogens is 3. The third-order valence-corrected chi connectivity index (χ3v) is 3.94. The molecule has 0 amide bonds. The monoisotopic (exact) mass is 353 g/mol. The van der Waals surface area contributed by atoms with E-state index < -0.39 is 11.6 Å². The van der Waals surface area contributed by atoms with Gasteiger partial charge in [0.05, 0.1) is 19.0 Å². The molecule has 4 rings (SSSR count). The van der Waals surface area contributed by atoms with Gasteiger partial charge in [0, 0.05) is 17.1 Å². The molecule has 0 aliphatic heterocycles. The molecule has 0 saturated carbocycles. The van der Waals surface area contributed by atoms with Crippen molar-refractivity contribution < 1.29 is 18.3 Å². The minimum atomic E-state index is -0.569. The molecule has 0 atom stereocenters. The first-order valence-electron chi connectivity index (χ1n) is 7.75. The summed E-state index contributed by atoms with van der Waals surface area (Å²) in [5.74, 6) is -0.430. The van der Waals surface area contributed by atoms with Crippen LogP contribution in [0.15, 0.2) is 54.9 Å². The molecule has 0 radical (unpaired) electrons. The van der Waals surface area contributed by atoms with E-state index in [0.29, 0.717) is 16.8 Å². The van der Waals surface area contributed by atoms with Crippen LogP contribution in [0, 0.1) is 11.6 Å². The number of hydrogen-bond donors (Lipinski definition) is 1. The van der Waals surface area contributed by atoms with Crippen molar-refractivity contribution in [1.29, 1.82) is 0 Å². The van der Waals surface area contributed by atoms with Crippen LogP contribution in [0.3, 0.4) is 0 Å². The minimum absolute atomic E-state index is 0.0651. The first kappa shape index (κ1) is 16.0. The SMILES string of the molecule is COc1cccc(Oc2ccc(-c3[nH]nc4c(F)cncc34)cc2)c1F. The molecule has 130 valence electrons. The van der Waals surface area contributed by atoms with Crippen LogP contribution in [0.2, 0.25) is 0 Å². The maximum Gasteiger partial charge on any atom is 0.207 e. The number of hydrogen-bond acceptors (Lipinski definition) is 4. The van der Waals surface area contributed by atoms with Crippen molar-refractivity contribution in [3.05, 3.63) is 66.5 Å². The van der Waals surface area contributed by atoms with E-state index in [1.807, 2.05) is 0 Å². The van der Waals surface area contributed by atoms with Crippen LogP contribution < -0.4 is 9.47 Å². The minimum Gasteiger partial charge on any atom is -0.494 e. The van der Waals surface area contributed by atoms with Crippen molar-refractivity contribution in [3.63, 3.8) is 0 Å². The van der Waals surface area contributed by atoms with Crippen molar-refractivity contribution in [3.8, 4) is 28.5 Å². The van der Waals surface area contributed by atoms with Gasteiger partial charge in [0.25, 0.3) is 0 Å². The third-order valence-electron chi connectivity index (χ3n) is 3.94. The Hall–Kier alpha value is -3.48. The Morgan fingerprint density at radius 3 is 2.50 bits per heavy atom. The lowest BCUT2D eigenvalue weighted by Crippen LogP contribution is -1.92. The predicted molar refractivity (Wildman–Crippen MR) is 92.3 cm³/mol.